The molecule has 2 N–H and O–H groups in total. The molecular formula is C12H16F3NO2. The second kappa shape index (κ2) is 7.23. The van der Waals surface area contributed by atoms with Crippen molar-refractivity contribution < 1.29 is 22.6 Å². The summed E-state index contributed by atoms with van der Waals surface area (Å²) >= 11 is 0. The zero-order chi connectivity index (χ0) is 13.4. The smallest absolute Gasteiger partial charge is 0.414 e. The van der Waals surface area contributed by atoms with Gasteiger partial charge in [-0.15, -0.1) is 0 Å². The zero-order valence-electron chi connectivity index (χ0n) is 9.82. The molecule has 1 rings (SSSR count). The molecule has 0 saturated heterocycles. The van der Waals surface area contributed by atoms with Crippen LogP contribution in [0.4, 0.5) is 13.2 Å². The highest BCUT2D eigenvalue weighted by Gasteiger charge is 2.39. The van der Waals surface area contributed by atoms with E-state index in [0.717, 1.165) is 0 Å². The number of benzene rings is 1. The van der Waals surface area contributed by atoms with Crippen molar-refractivity contribution in [2.45, 2.75) is 18.7 Å². The summed E-state index contributed by atoms with van der Waals surface area (Å²) < 4.78 is 47.3. The minimum atomic E-state index is -4.38. The standard InChI is InChI=1S/C12H16F3NO2/c13-12(14,15)11(6-7-16)18-9-8-17-10-4-2-1-3-5-10/h1-5,11H,6-9,16H2. The summed E-state index contributed by atoms with van der Waals surface area (Å²) in [7, 11) is 0. The van der Waals surface area contributed by atoms with Crippen molar-refractivity contribution in [3.63, 3.8) is 0 Å². The van der Waals surface area contributed by atoms with Gasteiger partial charge in [0.1, 0.15) is 12.4 Å². The van der Waals surface area contributed by atoms with E-state index in [4.69, 9.17) is 15.2 Å². The number of alkyl halides is 3. The van der Waals surface area contributed by atoms with E-state index in [2.05, 4.69) is 0 Å². The second-order valence-corrected chi connectivity index (χ2v) is 3.64. The van der Waals surface area contributed by atoms with Crippen LogP contribution >= 0.6 is 0 Å². The summed E-state index contributed by atoms with van der Waals surface area (Å²) in [6.07, 6.45) is -6.44. The van der Waals surface area contributed by atoms with Crippen molar-refractivity contribution in [3.05, 3.63) is 30.3 Å². The molecule has 0 aliphatic carbocycles. The lowest BCUT2D eigenvalue weighted by Gasteiger charge is -2.20. The maximum Gasteiger partial charge on any atom is 0.414 e. The van der Waals surface area contributed by atoms with Gasteiger partial charge in [0.15, 0.2) is 6.10 Å². The summed E-state index contributed by atoms with van der Waals surface area (Å²) in [4.78, 5) is 0. The van der Waals surface area contributed by atoms with Crippen molar-refractivity contribution in [3.8, 4) is 5.75 Å². The molecule has 0 radical (unpaired) electrons. The highest BCUT2D eigenvalue weighted by molar-refractivity contribution is 5.20. The van der Waals surface area contributed by atoms with E-state index in [-0.39, 0.29) is 26.2 Å². The van der Waals surface area contributed by atoms with Gasteiger partial charge in [0.05, 0.1) is 6.61 Å². The first kappa shape index (κ1) is 14.8. The molecule has 1 unspecified atom stereocenters. The van der Waals surface area contributed by atoms with Gasteiger partial charge in [0, 0.05) is 0 Å². The predicted molar refractivity (Wildman–Crippen MR) is 61.4 cm³/mol. The second-order valence-electron chi connectivity index (χ2n) is 3.64. The molecule has 0 aliphatic rings. The van der Waals surface area contributed by atoms with Crippen molar-refractivity contribution in [2.75, 3.05) is 19.8 Å². The van der Waals surface area contributed by atoms with Gasteiger partial charge in [0.25, 0.3) is 0 Å². The van der Waals surface area contributed by atoms with Crippen molar-refractivity contribution in [1.82, 2.24) is 0 Å². The summed E-state index contributed by atoms with van der Waals surface area (Å²) in [5.41, 5.74) is 5.11. The van der Waals surface area contributed by atoms with Gasteiger partial charge in [-0.05, 0) is 25.1 Å². The monoisotopic (exact) mass is 263 g/mol. The van der Waals surface area contributed by atoms with Gasteiger partial charge in [-0.1, -0.05) is 18.2 Å². The van der Waals surface area contributed by atoms with Crippen LogP contribution in [0, 0.1) is 0 Å². The Morgan fingerprint density at radius 1 is 1.11 bits per heavy atom. The van der Waals surface area contributed by atoms with Gasteiger partial charge >= 0.3 is 6.18 Å². The van der Waals surface area contributed by atoms with Gasteiger partial charge in [-0.25, -0.2) is 0 Å². The highest BCUT2D eigenvalue weighted by Crippen LogP contribution is 2.24. The van der Waals surface area contributed by atoms with E-state index in [0.29, 0.717) is 5.75 Å². The van der Waals surface area contributed by atoms with Crippen molar-refractivity contribution >= 4 is 0 Å². The quantitative estimate of drug-likeness (QED) is 0.768. The molecule has 0 aliphatic heterocycles. The van der Waals surface area contributed by atoms with Crippen LogP contribution in [0.2, 0.25) is 0 Å². The number of halogens is 3. The molecule has 0 heterocycles. The van der Waals surface area contributed by atoms with E-state index >= 15 is 0 Å². The molecule has 1 aromatic carbocycles. The Hall–Kier alpha value is -1.27. The van der Waals surface area contributed by atoms with E-state index in [1.165, 1.54) is 0 Å². The van der Waals surface area contributed by atoms with Crippen LogP contribution in [0.15, 0.2) is 30.3 Å². The zero-order valence-corrected chi connectivity index (χ0v) is 9.82. The Labute approximate surface area is 104 Å². The van der Waals surface area contributed by atoms with Crippen LogP contribution < -0.4 is 10.5 Å². The first-order chi connectivity index (χ1) is 8.54. The molecule has 0 aromatic heterocycles. The number of para-hydroxylation sites is 1. The van der Waals surface area contributed by atoms with E-state index in [1.807, 2.05) is 6.07 Å². The Balaban J connectivity index is 2.27. The molecule has 3 nitrogen and oxygen atoms in total. The molecule has 0 saturated carbocycles. The van der Waals surface area contributed by atoms with Crippen LogP contribution in [0.1, 0.15) is 6.42 Å². The molecule has 1 aromatic rings. The van der Waals surface area contributed by atoms with Crippen LogP contribution in [-0.4, -0.2) is 32.0 Å². The molecular weight excluding hydrogens is 247 g/mol. The highest BCUT2D eigenvalue weighted by atomic mass is 19.4. The minimum absolute atomic E-state index is 0.0658. The van der Waals surface area contributed by atoms with E-state index in [1.54, 1.807) is 24.3 Å². The fourth-order valence-electron chi connectivity index (χ4n) is 1.36. The maximum atomic E-state index is 12.4. The number of ether oxygens (including phenoxy) is 2. The first-order valence-corrected chi connectivity index (χ1v) is 5.60. The molecule has 102 valence electrons. The summed E-state index contributed by atoms with van der Waals surface area (Å²) in [6, 6.07) is 8.83. The Kier molecular flexibility index (Phi) is 5.94. The molecule has 1 atom stereocenters. The normalized spacial score (nSPS) is 13.3. The topological polar surface area (TPSA) is 44.5 Å². The third-order valence-corrected chi connectivity index (χ3v) is 2.21. The summed E-state index contributed by atoms with van der Waals surface area (Å²) in [5, 5.41) is 0. The van der Waals surface area contributed by atoms with Gasteiger partial charge in [-0.2, -0.15) is 13.2 Å². The predicted octanol–water partition coefficient (Wildman–Crippen LogP) is 2.36. The van der Waals surface area contributed by atoms with Crippen molar-refractivity contribution in [2.24, 2.45) is 5.73 Å². The third-order valence-electron chi connectivity index (χ3n) is 2.21. The lowest BCUT2D eigenvalue weighted by Crippen LogP contribution is -2.34. The number of nitrogens with two attached hydrogens (primary N) is 1. The molecule has 0 amide bonds. The Bertz CT molecular complexity index is 330. The third kappa shape index (κ3) is 5.37. The minimum Gasteiger partial charge on any atom is -0.491 e. The van der Waals surface area contributed by atoms with E-state index < -0.39 is 12.3 Å². The Morgan fingerprint density at radius 3 is 2.33 bits per heavy atom. The van der Waals surface area contributed by atoms with Crippen molar-refractivity contribution in [1.29, 1.82) is 0 Å². The number of rotatable bonds is 7. The fourth-order valence-corrected chi connectivity index (χ4v) is 1.36. The van der Waals surface area contributed by atoms with Crippen LogP contribution in [0.5, 0.6) is 5.75 Å². The summed E-state index contributed by atoms with van der Waals surface area (Å²) in [5.74, 6) is 0.600. The largest absolute Gasteiger partial charge is 0.491 e. The van der Waals surface area contributed by atoms with Crippen LogP contribution in [-0.2, 0) is 4.74 Å². The molecule has 0 bridgehead atoms. The van der Waals surface area contributed by atoms with Crippen LogP contribution in [0.3, 0.4) is 0 Å². The van der Waals surface area contributed by atoms with E-state index in [9.17, 15) is 13.2 Å². The molecule has 6 heteroatoms. The SMILES string of the molecule is NCCC(OCCOc1ccccc1)C(F)(F)F. The average molecular weight is 263 g/mol. The summed E-state index contributed by atoms with van der Waals surface area (Å²) in [6.45, 7) is -0.121. The molecule has 0 spiro atoms. The maximum absolute atomic E-state index is 12.4. The average Bonchev–Trinajstić information content (AvgIpc) is 2.33. The Morgan fingerprint density at radius 2 is 1.78 bits per heavy atom. The lowest BCUT2D eigenvalue weighted by molar-refractivity contribution is -0.222. The number of hydrogen-bond donors (Lipinski definition) is 1. The van der Waals surface area contributed by atoms with Crippen LogP contribution in [0.25, 0.3) is 0 Å². The number of hydrogen-bond acceptors (Lipinski definition) is 3. The lowest BCUT2D eigenvalue weighted by atomic mass is 10.2. The fraction of sp³-hybridized carbons (Fsp3) is 0.500. The molecule has 18 heavy (non-hydrogen) atoms. The molecule has 0 fully saturated rings. The first-order valence-electron chi connectivity index (χ1n) is 5.60. The van der Waals surface area contributed by atoms with Gasteiger partial charge in [0.2, 0.25) is 0 Å². The van der Waals surface area contributed by atoms with Gasteiger partial charge < -0.3 is 15.2 Å². The van der Waals surface area contributed by atoms with Gasteiger partial charge in [-0.3, -0.25) is 0 Å².